The van der Waals surface area contributed by atoms with E-state index in [1.165, 1.54) is 49.7 Å². The van der Waals surface area contributed by atoms with Gasteiger partial charge in [-0.15, -0.1) is 10.2 Å². The minimum absolute atomic E-state index is 0.124. The summed E-state index contributed by atoms with van der Waals surface area (Å²) in [6, 6.07) is 0. The molecule has 0 unspecified atom stereocenters. The number of ketones is 1. The van der Waals surface area contributed by atoms with Gasteiger partial charge in [0.2, 0.25) is 0 Å². The molecule has 4 saturated carbocycles. The molecule has 0 amide bonds. The smallest absolute Gasteiger partial charge is 0.171 e. The van der Waals surface area contributed by atoms with Crippen LogP contribution in [-0.2, 0) is 11.3 Å². The highest BCUT2D eigenvalue weighted by Gasteiger charge is 2.57. The van der Waals surface area contributed by atoms with Crippen LogP contribution in [0.1, 0.15) is 83.9 Å². The van der Waals surface area contributed by atoms with Crippen molar-refractivity contribution >= 4 is 5.78 Å². The van der Waals surface area contributed by atoms with Crippen LogP contribution in [0.4, 0.5) is 0 Å². The Morgan fingerprint density at radius 1 is 1.07 bits per heavy atom. The summed E-state index contributed by atoms with van der Waals surface area (Å²) in [7, 11) is 0. The Balaban J connectivity index is 1.34. The molecule has 0 spiro atoms. The number of hydrogen-bond donors (Lipinski definition) is 1. The van der Waals surface area contributed by atoms with Crippen molar-refractivity contribution in [1.29, 1.82) is 0 Å². The Morgan fingerprint density at radius 3 is 2.63 bits per heavy atom. The number of nitrogens with zero attached hydrogens (tertiary/aromatic N) is 4. The number of aliphatic hydroxyl groups is 1. The molecule has 0 aromatic carbocycles. The van der Waals surface area contributed by atoms with Crippen LogP contribution in [0.5, 0.6) is 0 Å². The maximum absolute atomic E-state index is 13.3. The average Bonchev–Trinajstić information content (AvgIpc) is 3.10. The van der Waals surface area contributed by atoms with Gasteiger partial charge in [-0.2, -0.15) is 4.80 Å². The van der Waals surface area contributed by atoms with Crippen LogP contribution >= 0.6 is 0 Å². The first-order valence-electron chi connectivity index (χ1n) is 12.3. The van der Waals surface area contributed by atoms with E-state index in [-0.39, 0.29) is 17.9 Å². The van der Waals surface area contributed by atoms with Crippen molar-refractivity contribution in [2.45, 2.75) is 97.1 Å². The standard InChI is InChI=1S/C24H38N4O2/c1-15-25-27-28(26-15)14-22(29)21-6-4-5-20-19-8-7-16-13-23(2,30)11-9-17(16)18(19)10-12-24(20,21)3/h16-21,30H,4-14H2,1-3H3/t16-,17+,18-,19-,20+,21-,23-,24+/m1/s1. The van der Waals surface area contributed by atoms with Crippen LogP contribution in [0.15, 0.2) is 0 Å². The van der Waals surface area contributed by atoms with Crippen molar-refractivity contribution in [3.05, 3.63) is 5.82 Å². The van der Waals surface area contributed by atoms with Gasteiger partial charge >= 0.3 is 0 Å². The second-order valence-corrected chi connectivity index (χ2v) is 11.5. The van der Waals surface area contributed by atoms with Crippen molar-refractivity contribution < 1.29 is 9.90 Å². The van der Waals surface area contributed by atoms with Crippen LogP contribution < -0.4 is 0 Å². The van der Waals surface area contributed by atoms with Crippen molar-refractivity contribution in [2.75, 3.05) is 0 Å². The van der Waals surface area contributed by atoms with E-state index in [0.717, 1.165) is 37.0 Å². The molecular formula is C24H38N4O2. The molecule has 0 saturated heterocycles. The fourth-order valence-corrected chi connectivity index (χ4v) is 8.45. The molecule has 1 aromatic rings. The van der Waals surface area contributed by atoms with Crippen LogP contribution in [0.2, 0.25) is 0 Å². The fourth-order valence-electron chi connectivity index (χ4n) is 8.45. The number of tetrazole rings is 1. The zero-order valence-electron chi connectivity index (χ0n) is 18.9. The number of aryl methyl sites for hydroxylation is 1. The lowest BCUT2D eigenvalue weighted by molar-refractivity contribution is -0.148. The highest BCUT2D eigenvalue weighted by atomic mass is 16.3. The molecule has 4 aliphatic carbocycles. The molecule has 1 aromatic heterocycles. The predicted molar refractivity (Wildman–Crippen MR) is 113 cm³/mol. The summed E-state index contributed by atoms with van der Waals surface area (Å²) in [5.41, 5.74) is -0.327. The molecule has 1 N–H and O–H groups in total. The van der Waals surface area contributed by atoms with Crippen LogP contribution in [0.3, 0.4) is 0 Å². The summed E-state index contributed by atoms with van der Waals surface area (Å²) in [4.78, 5) is 14.8. The third-order valence-electron chi connectivity index (χ3n) is 9.72. The lowest BCUT2D eigenvalue weighted by Crippen LogP contribution is -2.55. The summed E-state index contributed by atoms with van der Waals surface area (Å²) in [6.07, 6.45) is 11.7. The van der Waals surface area contributed by atoms with E-state index in [1.54, 1.807) is 0 Å². The molecule has 4 fully saturated rings. The second-order valence-electron chi connectivity index (χ2n) is 11.5. The second kappa shape index (κ2) is 7.39. The molecule has 166 valence electrons. The van der Waals surface area contributed by atoms with Gasteiger partial charge in [0, 0.05) is 5.92 Å². The summed E-state index contributed by atoms with van der Waals surface area (Å²) in [5, 5.41) is 22.8. The zero-order chi connectivity index (χ0) is 21.1. The van der Waals surface area contributed by atoms with E-state index in [1.807, 2.05) is 13.8 Å². The number of hydrogen-bond acceptors (Lipinski definition) is 5. The van der Waals surface area contributed by atoms with Crippen molar-refractivity contribution in [3.8, 4) is 0 Å². The normalized spacial score (nSPS) is 45.9. The van der Waals surface area contributed by atoms with Gasteiger partial charge in [-0.3, -0.25) is 4.79 Å². The summed E-state index contributed by atoms with van der Waals surface area (Å²) >= 11 is 0. The van der Waals surface area contributed by atoms with Crippen molar-refractivity contribution in [2.24, 2.45) is 40.9 Å². The molecule has 0 bridgehead atoms. The zero-order valence-corrected chi connectivity index (χ0v) is 18.9. The van der Waals surface area contributed by atoms with Gasteiger partial charge in [0.25, 0.3) is 0 Å². The van der Waals surface area contributed by atoms with Crippen molar-refractivity contribution in [1.82, 2.24) is 20.2 Å². The molecule has 6 nitrogen and oxygen atoms in total. The van der Waals surface area contributed by atoms with Gasteiger partial charge < -0.3 is 5.11 Å². The minimum Gasteiger partial charge on any atom is -0.390 e. The highest BCUT2D eigenvalue weighted by Crippen LogP contribution is 2.63. The first-order chi connectivity index (χ1) is 14.3. The Labute approximate surface area is 180 Å². The van der Waals surface area contributed by atoms with E-state index < -0.39 is 5.60 Å². The first kappa shape index (κ1) is 20.6. The fraction of sp³-hybridized carbons (Fsp3) is 0.917. The first-order valence-corrected chi connectivity index (χ1v) is 12.3. The van der Waals surface area contributed by atoms with E-state index in [9.17, 15) is 9.90 Å². The van der Waals surface area contributed by atoms with Gasteiger partial charge in [-0.25, -0.2) is 0 Å². The van der Waals surface area contributed by atoms with E-state index in [2.05, 4.69) is 22.3 Å². The summed E-state index contributed by atoms with van der Waals surface area (Å²) < 4.78 is 0. The number of fused-ring (bicyclic) bond motifs is 5. The Kier molecular flexibility index (Phi) is 5.07. The lowest BCUT2D eigenvalue weighted by Gasteiger charge is -2.60. The molecule has 4 aliphatic rings. The van der Waals surface area contributed by atoms with E-state index in [4.69, 9.17) is 0 Å². The Hall–Kier alpha value is -1.30. The number of aromatic nitrogens is 4. The minimum atomic E-state index is -0.451. The number of rotatable bonds is 3. The van der Waals surface area contributed by atoms with Gasteiger partial charge in [-0.1, -0.05) is 13.3 Å². The van der Waals surface area contributed by atoms with Crippen LogP contribution in [0.25, 0.3) is 0 Å². The molecule has 0 aliphatic heterocycles. The third-order valence-corrected chi connectivity index (χ3v) is 9.72. The Morgan fingerprint density at radius 2 is 1.87 bits per heavy atom. The molecule has 8 atom stereocenters. The number of Topliss-reactive ketones (excluding diaryl/α,β-unsaturated/α-hetero) is 1. The monoisotopic (exact) mass is 414 g/mol. The molecular weight excluding hydrogens is 376 g/mol. The number of carbonyl (C=O) groups excluding carboxylic acids is 1. The SMILES string of the molecule is Cc1nnn(CC(=O)[C@H]2CCC[C@H]3[C@@H]4CC[C@@H]5C[C@](C)(O)CC[C@@H]5[C@H]4CC[C@]23C)n1. The summed E-state index contributed by atoms with van der Waals surface area (Å²) in [6.45, 7) is 6.54. The topological polar surface area (TPSA) is 80.9 Å². The molecule has 5 rings (SSSR count). The highest BCUT2D eigenvalue weighted by molar-refractivity contribution is 5.81. The van der Waals surface area contributed by atoms with E-state index >= 15 is 0 Å². The Bertz CT molecular complexity index is 805. The average molecular weight is 415 g/mol. The maximum Gasteiger partial charge on any atom is 0.171 e. The predicted octanol–water partition coefficient (Wildman–Crippen LogP) is 3.96. The van der Waals surface area contributed by atoms with Gasteiger partial charge in [0.05, 0.1) is 5.60 Å². The number of carbonyl (C=O) groups is 1. The largest absolute Gasteiger partial charge is 0.390 e. The molecule has 0 radical (unpaired) electrons. The van der Waals surface area contributed by atoms with Crippen molar-refractivity contribution in [3.63, 3.8) is 0 Å². The lowest BCUT2D eigenvalue weighted by atomic mass is 9.44. The van der Waals surface area contributed by atoms with Gasteiger partial charge in [0.1, 0.15) is 6.54 Å². The van der Waals surface area contributed by atoms with Gasteiger partial charge in [0.15, 0.2) is 11.6 Å². The molecule has 6 heteroatoms. The third kappa shape index (κ3) is 3.43. The van der Waals surface area contributed by atoms with Crippen LogP contribution in [0, 0.1) is 47.8 Å². The van der Waals surface area contributed by atoms with E-state index in [0.29, 0.717) is 23.4 Å². The van der Waals surface area contributed by atoms with Gasteiger partial charge in [-0.05, 0) is 112 Å². The summed E-state index contributed by atoms with van der Waals surface area (Å²) in [5.74, 6) is 4.83. The van der Waals surface area contributed by atoms with Crippen LogP contribution in [-0.4, -0.2) is 36.7 Å². The molecule has 1 heterocycles. The quantitative estimate of drug-likeness (QED) is 0.810. The molecule has 30 heavy (non-hydrogen) atoms. The maximum atomic E-state index is 13.3.